The van der Waals surface area contributed by atoms with Gasteiger partial charge in [0.05, 0.1) is 5.69 Å². The van der Waals surface area contributed by atoms with Gasteiger partial charge in [-0.1, -0.05) is 61.6 Å². The Labute approximate surface area is 156 Å². The normalized spacial score (nSPS) is 14.8. The molecule has 0 atom stereocenters. The van der Waals surface area contributed by atoms with E-state index in [1.54, 1.807) is 5.19 Å². The van der Waals surface area contributed by atoms with Gasteiger partial charge < -0.3 is 0 Å². The molecule has 3 heterocycles. The van der Waals surface area contributed by atoms with E-state index in [1.807, 2.05) is 11.3 Å². The number of hydrogen-bond donors (Lipinski definition) is 0. The highest BCUT2D eigenvalue weighted by Crippen LogP contribution is 2.41. The molecule has 0 saturated heterocycles. The number of aromatic nitrogens is 1. The molecular weight excluding hydrogens is 350 g/mol. The van der Waals surface area contributed by atoms with Crippen molar-refractivity contribution in [1.29, 1.82) is 0 Å². The van der Waals surface area contributed by atoms with Crippen molar-refractivity contribution in [2.45, 2.75) is 13.1 Å². The Morgan fingerprint density at radius 2 is 1.58 bits per heavy atom. The van der Waals surface area contributed by atoms with E-state index in [0.717, 1.165) is 0 Å². The molecule has 0 radical (unpaired) electrons. The van der Waals surface area contributed by atoms with Crippen molar-refractivity contribution < 1.29 is 0 Å². The lowest BCUT2D eigenvalue weighted by molar-refractivity contribution is 1.38. The van der Waals surface area contributed by atoms with Gasteiger partial charge in [0.25, 0.3) is 0 Å². The molecule has 3 aromatic carbocycles. The number of pyridine rings is 1. The number of hydrogen-bond acceptors (Lipinski definition) is 2. The van der Waals surface area contributed by atoms with E-state index in [-0.39, 0.29) is 0 Å². The molecule has 2 aromatic heterocycles. The van der Waals surface area contributed by atoms with Gasteiger partial charge in [-0.25, -0.2) is 0 Å². The highest BCUT2D eigenvalue weighted by atomic mass is 32.1. The van der Waals surface area contributed by atoms with Crippen LogP contribution in [0.3, 0.4) is 0 Å². The highest BCUT2D eigenvalue weighted by molar-refractivity contribution is 7.26. The quantitative estimate of drug-likeness (QED) is 0.334. The maximum Gasteiger partial charge on any atom is 0.116 e. The molecule has 6 rings (SSSR count). The van der Waals surface area contributed by atoms with Gasteiger partial charge in [0.1, 0.15) is 8.07 Å². The third kappa shape index (κ3) is 1.67. The van der Waals surface area contributed by atoms with Crippen LogP contribution in [-0.4, -0.2) is 13.1 Å². The third-order valence-electron chi connectivity index (χ3n) is 5.88. The molecule has 0 bridgehead atoms. The number of nitrogens with zero attached hydrogens (tertiary/aromatic N) is 1. The topological polar surface area (TPSA) is 12.9 Å². The molecule has 26 heavy (non-hydrogen) atoms. The molecule has 5 aromatic rings. The van der Waals surface area contributed by atoms with Crippen LogP contribution in [0.4, 0.5) is 0 Å². The van der Waals surface area contributed by atoms with E-state index in [2.05, 4.69) is 80.0 Å². The Morgan fingerprint density at radius 1 is 0.808 bits per heavy atom. The summed E-state index contributed by atoms with van der Waals surface area (Å²) in [6.07, 6.45) is 2.05. The van der Waals surface area contributed by atoms with Gasteiger partial charge in [0, 0.05) is 31.9 Å². The lowest BCUT2D eigenvalue weighted by atomic mass is 10.0. The van der Waals surface area contributed by atoms with Crippen LogP contribution < -0.4 is 10.4 Å². The fraction of sp³-hybridized carbons (Fsp3) is 0.0870. The molecule has 0 N–H and O–H groups in total. The standard InChI is InChI=1S/C23H17NSSi/c1-26(2)19-12-6-11-18-21(19)20-16(9-5-10-17(20)25-18)22-23(26)15-8-4-3-7-14(15)13-24-22/h3-13H,1-2H3. The van der Waals surface area contributed by atoms with Crippen molar-refractivity contribution in [2.24, 2.45) is 0 Å². The van der Waals surface area contributed by atoms with Gasteiger partial charge in [0.15, 0.2) is 0 Å². The second-order valence-corrected chi connectivity index (χ2v) is 13.0. The van der Waals surface area contributed by atoms with E-state index >= 15 is 0 Å². The summed E-state index contributed by atoms with van der Waals surface area (Å²) in [7, 11) is -1.92. The summed E-state index contributed by atoms with van der Waals surface area (Å²) in [4.78, 5) is 5.02. The minimum absolute atomic E-state index is 1.20. The molecule has 0 amide bonds. The molecule has 3 heteroatoms. The second kappa shape index (κ2) is 4.81. The van der Waals surface area contributed by atoms with Crippen LogP contribution in [0.2, 0.25) is 13.1 Å². The molecule has 1 aliphatic rings. The first-order valence-electron chi connectivity index (χ1n) is 8.99. The first kappa shape index (κ1) is 14.7. The number of thiophene rings is 1. The monoisotopic (exact) mass is 367 g/mol. The predicted octanol–water partition coefficient (Wildman–Crippen LogP) is 5.41. The number of fused-ring (bicyclic) bond motifs is 4. The van der Waals surface area contributed by atoms with Crippen LogP contribution in [0.25, 0.3) is 42.2 Å². The van der Waals surface area contributed by atoms with Crippen molar-refractivity contribution in [3.63, 3.8) is 0 Å². The summed E-state index contributed by atoms with van der Waals surface area (Å²) in [6, 6.07) is 22.3. The lowest BCUT2D eigenvalue weighted by Crippen LogP contribution is -2.53. The summed E-state index contributed by atoms with van der Waals surface area (Å²) in [5.41, 5.74) is 2.50. The lowest BCUT2D eigenvalue weighted by Gasteiger charge is -2.26. The summed E-state index contributed by atoms with van der Waals surface area (Å²) >= 11 is 1.91. The van der Waals surface area contributed by atoms with E-state index in [1.165, 1.54) is 47.4 Å². The second-order valence-electron chi connectivity index (χ2n) is 7.65. The molecule has 0 saturated carbocycles. The molecule has 1 nitrogen and oxygen atoms in total. The van der Waals surface area contributed by atoms with E-state index in [9.17, 15) is 0 Å². The first-order chi connectivity index (χ1) is 12.7. The van der Waals surface area contributed by atoms with Crippen molar-refractivity contribution in [3.8, 4) is 11.3 Å². The molecule has 0 spiro atoms. The smallest absolute Gasteiger partial charge is 0.116 e. The average Bonchev–Trinajstić information content (AvgIpc) is 3.01. The van der Waals surface area contributed by atoms with Crippen molar-refractivity contribution in [2.75, 3.05) is 0 Å². The summed E-state index contributed by atoms with van der Waals surface area (Å²) < 4.78 is 2.78. The minimum Gasteiger partial charge on any atom is -0.256 e. The highest BCUT2D eigenvalue weighted by Gasteiger charge is 2.36. The van der Waals surface area contributed by atoms with E-state index < -0.39 is 8.07 Å². The zero-order valence-electron chi connectivity index (χ0n) is 14.7. The Balaban J connectivity index is 1.96. The molecule has 124 valence electrons. The van der Waals surface area contributed by atoms with Crippen molar-refractivity contribution in [1.82, 2.24) is 4.98 Å². The zero-order chi connectivity index (χ0) is 17.5. The van der Waals surface area contributed by atoms with E-state index in [0.29, 0.717) is 0 Å². The Hall–Kier alpha value is -2.49. The Morgan fingerprint density at radius 3 is 2.46 bits per heavy atom. The van der Waals surface area contributed by atoms with Crippen LogP contribution >= 0.6 is 11.3 Å². The molecular formula is C23H17NSSi. The summed E-state index contributed by atoms with van der Waals surface area (Å²) in [5, 5.41) is 8.53. The van der Waals surface area contributed by atoms with Gasteiger partial charge in [0.2, 0.25) is 0 Å². The molecule has 0 aliphatic carbocycles. The predicted molar refractivity (Wildman–Crippen MR) is 117 cm³/mol. The van der Waals surface area contributed by atoms with Gasteiger partial charge in [-0.2, -0.15) is 0 Å². The minimum atomic E-state index is -1.92. The Bertz CT molecular complexity index is 1360. The molecule has 1 aliphatic heterocycles. The first-order valence-corrected chi connectivity index (χ1v) is 12.8. The SMILES string of the molecule is C[Si]1(C)c2c(ncc3ccccc23)-c2cccc3sc4cccc1c4c23. The number of benzene rings is 3. The summed E-state index contributed by atoms with van der Waals surface area (Å²) in [6.45, 7) is 4.98. The molecule has 0 fully saturated rings. The van der Waals surface area contributed by atoms with Crippen LogP contribution in [0, 0.1) is 0 Å². The maximum absolute atomic E-state index is 5.02. The fourth-order valence-corrected chi connectivity index (χ4v) is 9.33. The van der Waals surface area contributed by atoms with E-state index in [4.69, 9.17) is 4.98 Å². The van der Waals surface area contributed by atoms with Crippen molar-refractivity contribution in [3.05, 3.63) is 66.9 Å². The van der Waals surface area contributed by atoms with Gasteiger partial charge in [-0.05, 0) is 33.3 Å². The molecule has 0 unspecified atom stereocenters. The Kier molecular flexibility index (Phi) is 2.71. The van der Waals surface area contributed by atoms with Crippen LogP contribution in [0.1, 0.15) is 0 Å². The fourth-order valence-electron chi connectivity index (χ4n) is 4.72. The van der Waals surface area contributed by atoms with Gasteiger partial charge >= 0.3 is 0 Å². The summed E-state index contributed by atoms with van der Waals surface area (Å²) in [5.74, 6) is 0. The zero-order valence-corrected chi connectivity index (χ0v) is 16.5. The third-order valence-corrected chi connectivity index (χ3v) is 10.5. The van der Waals surface area contributed by atoms with Crippen LogP contribution in [-0.2, 0) is 0 Å². The number of rotatable bonds is 0. The average molecular weight is 368 g/mol. The van der Waals surface area contributed by atoms with Crippen LogP contribution in [0.5, 0.6) is 0 Å². The van der Waals surface area contributed by atoms with Crippen molar-refractivity contribution >= 4 is 60.7 Å². The largest absolute Gasteiger partial charge is 0.256 e. The maximum atomic E-state index is 5.02. The van der Waals surface area contributed by atoms with Gasteiger partial charge in [-0.15, -0.1) is 11.3 Å². The van der Waals surface area contributed by atoms with Crippen LogP contribution in [0.15, 0.2) is 66.9 Å². The van der Waals surface area contributed by atoms with Gasteiger partial charge in [-0.3, -0.25) is 4.98 Å².